The molecule has 22 heavy (non-hydrogen) atoms. The number of halogens is 3. The maximum atomic E-state index is 13.1. The lowest BCUT2D eigenvalue weighted by atomic mass is 10.0. The highest BCUT2D eigenvalue weighted by Gasteiger charge is 2.42. The molecule has 0 saturated heterocycles. The first-order valence-corrected chi connectivity index (χ1v) is 7.56. The van der Waals surface area contributed by atoms with Crippen molar-refractivity contribution in [3.05, 3.63) is 23.8 Å². The molecule has 0 saturated carbocycles. The second-order valence-corrected chi connectivity index (χ2v) is 4.84. The molecule has 0 aliphatic carbocycles. The minimum Gasteiger partial charge on any atom is -0.371 e. The average Bonchev–Trinajstić information content (AvgIpc) is 2.48. The van der Waals surface area contributed by atoms with E-state index < -0.39 is 12.0 Å². The van der Waals surface area contributed by atoms with E-state index in [1.54, 1.807) is 28.0 Å². The smallest absolute Gasteiger partial charge is 0.371 e. The summed E-state index contributed by atoms with van der Waals surface area (Å²) in [5.41, 5.74) is 0.441. The molecule has 0 unspecified atom stereocenters. The van der Waals surface area contributed by atoms with E-state index in [9.17, 15) is 18.0 Å². The molecule has 0 atom stereocenters. The summed E-state index contributed by atoms with van der Waals surface area (Å²) >= 11 is 0. The number of nitrogens with zero attached hydrogens (tertiary/aromatic N) is 2. The van der Waals surface area contributed by atoms with Gasteiger partial charge in [0.1, 0.15) is 0 Å². The van der Waals surface area contributed by atoms with Gasteiger partial charge < -0.3 is 9.80 Å². The standard InChI is InChI=1S/C16H23F3N2O/c1-5-20(6-2)12-10-9-11-13(21(7-3)8-4)14(12)15(22)16(17,18)19/h9-11H,5-8H2,1-4H3. The summed E-state index contributed by atoms with van der Waals surface area (Å²) in [5, 5.41) is 0. The molecule has 0 aromatic heterocycles. The Kier molecular flexibility index (Phi) is 6.26. The first-order chi connectivity index (χ1) is 10.3. The molecule has 0 aliphatic rings. The highest BCUT2D eigenvalue weighted by atomic mass is 19.4. The number of carbonyl (C=O) groups is 1. The van der Waals surface area contributed by atoms with Gasteiger partial charge in [-0.05, 0) is 39.8 Å². The van der Waals surface area contributed by atoms with Crippen LogP contribution in [0.5, 0.6) is 0 Å². The van der Waals surface area contributed by atoms with E-state index in [1.807, 2.05) is 27.7 Å². The van der Waals surface area contributed by atoms with Crippen LogP contribution in [-0.4, -0.2) is 38.1 Å². The number of hydrogen-bond acceptors (Lipinski definition) is 3. The van der Waals surface area contributed by atoms with Gasteiger partial charge in [0, 0.05) is 26.2 Å². The van der Waals surface area contributed by atoms with Gasteiger partial charge in [-0.1, -0.05) is 6.07 Å². The molecule has 1 rings (SSSR count). The molecule has 0 bridgehead atoms. The predicted molar refractivity (Wildman–Crippen MR) is 83.9 cm³/mol. The Labute approximate surface area is 129 Å². The van der Waals surface area contributed by atoms with Crippen molar-refractivity contribution < 1.29 is 18.0 Å². The van der Waals surface area contributed by atoms with Crippen LogP contribution in [0, 0.1) is 0 Å². The maximum Gasteiger partial charge on any atom is 0.455 e. The first-order valence-electron chi connectivity index (χ1n) is 7.56. The van der Waals surface area contributed by atoms with Crippen LogP contribution in [0.25, 0.3) is 0 Å². The van der Waals surface area contributed by atoms with E-state index in [1.165, 1.54) is 0 Å². The van der Waals surface area contributed by atoms with Gasteiger partial charge in [-0.3, -0.25) is 4.79 Å². The van der Waals surface area contributed by atoms with Crippen LogP contribution in [0.1, 0.15) is 38.1 Å². The fourth-order valence-corrected chi connectivity index (χ4v) is 2.56. The summed E-state index contributed by atoms with van der Waals surface area (Å²) in [6.07, 6.45) is -4.88. The number of Topliss-reactive ketones (excluding diaryl/α,β-unsaturated/α-hetero) is 1. The minimum atomic E-state index is -4.88. The second-order valence-electron chi connectivity index (χ2n) is 4.84. The third kappa shape index (κ3) is 3.72. The Morgan fingerprint density at radius 2 is 1.27 bits per heavy atom. The van der Waals surface area contributed by atoms with Gasteiger partial charge in [0.25, 0.3) is 5.78 Å². The number of alkyl halides is 3. The van der Waals surface area contributed by atoms with Crippen LogP contribution < -0.4 is 9.80 Å². The molecule has 0 spiro atoms. The van der Waals surface area contributed by atoms with Crippen molar-refractivity contribution in [2.75, 3.05) is 36.0 Å². The number of ketones is 1. The van der Waals surface area contributed by atoms with Crippen molar-refractivity contribution in [3.8, 4) is 0 Å². The van der Waals surface area contributed by atoms with Crippen molar-refractivity contribution >= 4 is 17.2 Å². The van der Waals surface area contributed by atoms with E-state index in [2.05, 4.69) is 0 Å². The maximum absolute atomic E-state index is 13.1. The third-order valence-electron chi connectivity index (χ3n) is 3.71. The molecule has 0 N–H and O–H groups in total. The summed E-state index contributed by atoms with van der Waals surface area (Å²) in [6, 6.07) is 4.87. The number of carbonyl (C=O) groups excluding carboxylic acids is 1. The van der Waals surface area contributed by atoms with Gasteiger partial charge in [-0.2, -0.15) is 13.2 Å². The van der Waals surface area contributed by atoms with Gasteiger partial charge in [0.15, 0.2) is 0 Å². The van der Waals surface area contributed by atoms with Crippen molar-refractivity contribution in [1.29, 1.82) is 0 Å². The highest BCUT2D eigenvalue weighted by molar-refractivity contribution is 6.09. The number of anilines is 2. The van der Waals surface area contributed by atoms with E-state index in [-0.39, 0.29) is 5.56 Å². The van der Waals surface area contributed by atoms with Crippen LogP contribution >= 0.6 is 0 Å². The Morgan fingerprint density at radius 3 is 1.55 bits per heavy atom. The Hall–Kier alpha value is -1.72. The van der Waals surface area contributed by atoms with E-state index in [0.717, 1.165) is 0 Å². The fourth-order valence-electron chi connectivity index (χ4n) is 2.56. The molecule has 1 aromatic carbocycles. The van der Waals surface area contributed by atoms with E-state index in [4.69, 9.17) is 0 Å². The molecule has 0 fully saturated rings. The van der Waals surface area contributed by atoms with Crippen molar-refractivity contribution in [2.45, 2.75) is 33.9 Å². The monoisotopic (exact) mass is 316 g/mol. The summed E-state index contributed by atoms with van der Waals surface area (Å²) in [5.74, 6) is -1.78. The summed E-state index contributed by atoms with van der Waals surface area (Å²) in [6.45, 7) is 9.58. The Morgan fingerprint density at radius 1 is 0.909 bits per heavy atom. The van der Waals surface area contributed by atoms with Crippen LogP contribution in [-0.2, 0) is 0 Å². The third-order valence-corrected chi connectivity index (χ3v) is 3.71. The van der Waals surface area contributed by atoms with Crippen molar-refractivity contribution in [2.24, 2.45) is 0 Å². The molecule has 0 heterocycles. The lowest BCUT2D eigenvalue weighted by Crippen LogP contribution is -2.32. The SMILES string of the molecule is CCN(CC)c1cccc(N(CC)CC)c1C(=O)C(F)(F)F. The van der Waals surface area contributed by atoms with E-state index in [0.29, 0.717) is 37.6 Å². The first kappa shape index (κ1) is 18.3. The minimum absolute atomic E-state index is 0.248. The normalized spacial score (nSPS) is 11.4. The average molecular weight is 316 g/mol. The van der Waals surface area contributed by atoms with Crippen LogP contribution in [0.15, 0.2) is 18.2 Å². The number of hydrogen-bond donors (Lipinski definition) is 0. The molecule has 3 nitrogen and oxygen atoms in total. The quantitative estimate of drug-likeness (QED) is 0.707. The van der Waals surface area contributed by atoms with Crippen LogP contribution in [0.3, 0.4) is 0 Å². The topological polar surface area (TPSA) is 23.6 Å². The Balaban J connectivity index is 3.59. The molecular formula is C16H23F3N2O. The molecule has 6 heteroatoms. The zero-order valence-corrected chi connectivity index (χ0v) is 13.5. The lowest BCUT2D eigenvalue weighted by Gasteiger charge is -2.29. The zero-order valence-electron chi connectivity index (χ0n) is 13.5. The van der Waals surface area contributed by atoms with Gasteiger partial charge in [0.2, 0.25) is 0 Å². The molecule has 0 amide bonds. The molecule has 1 aromatic rings. The summed E-state index contributed by atoms with van der Waals surface area (Å²) < 4.78 is 39.2. The summed E-state index contributed by atoms with van der Waals surface area (Å²) in [4.78, 5) is 15.5. The van der Waals surface area contributed by atoms with Crippen LogP contribution in [0.4, 0.5) is 24.5 Å². The number of benzene rings is 1. The zero-order chi connectivity index (χ0) is 16.9. The van der Waals surface area contributed by atoms with Gasteiger partial charge in [-0.25, -0.2) is 0 Å². The van der Waals surface area contributed by atoms with Crippen LogP contribution in [0.2, 0.25) is 0 Å². The highest BCUT2D eigenvalue weighted by Crippen LogP contribution is 2.35. The Bertz CT molecular complexity index is 476. The van der Waals surface area contributed by atoms with Gasteiger partial charge in [-0.15, -0.1) is 0 Å². The fraction of sp³-hybridized carbons (Fsp3) is 0.562. The molecule has 0 radical (unpaired) electrons. The van der Waals surface area contributed by atoms with E-state index >= 15 is 0 Å². The molecular weight excluding hydrogens is 293 g/mol. The molecule has 124 valence electrons. The lowest BCUT2D eigenvalue weighted by molar-refractivity contribution is -0.0884. The van der Waals surface area contributed by atoms with Gasteiger partial charge >= 0.3 is 6.18 Å². The molecule has 0 aliphatic heterocycles. The largest absolute Gasteiger partial charge is 0.455 e. The number of rotatable bonds is 7. The second kappa shape index (κ2) is 7.51. The van der Waals surface area contributed by atoms with Crippen molar-refractivity contribution in [3.63, 3.8) is 0 Å². The van der Waals surface area contributed by atoms with Gasteiger partial charge in [0.05, 0.1) is 16.9 Å². The predicted octanol–water partition coefficient (Wildman–Crippen LogP) is 4.12. The van der Waals surface area contributed by atoms with Crippen molar-refractivity contribution in [1.82, 2.24) is 0 Å². The summed E-state index contributed by atoms with van der Waals surface area (Å²) in [7, 11) is 0.